The van der Waals surface area contributed by atoms with Crippen LogP contribution in [0.5, 0.6) is 5.75 Å². The molecule has 1 saturated carbocycles. The maximum Gasteiger partial charge on any atom is 0.410 e. The highest BCUT2D eigenvalue weighted by Crippen LogP contribution is 2.30. The molecule has 0 bridgehead atoms. The Morgan fingerprint density at radius 2 is 1.93 bits per heavy atom. The molecule has 6 nitrogen and oxygen atoms in total. The lowest BCUT2D eigenvalue weighted by Crippen LogP contribution is -2.56. The molecule has 0 atom stereocenters. The molecule has 1 heterocycles. The first-order valence-electron chi connectivity index (χ1n) is 11.0. The highest BCUT2D eigenvalue weighted by atomic mass is 16.6. The lowest BCUT2D eigenvalue weighted by atomic mass is 9.84. The van der Waals surface area contributed by atoms with Crippen LogP contribution in [0.15, 0.2) is 18.2 Å². The van der Waals surface area contributed by atoms with E-state index in [0.717, 1.165) is 42.7 Å². The third kappa shape index (κ3) is 5.87. The van der Waals surface area contributed by atoms with Crippen molar-refractivity contribution in [1.29, 1.82) is 0 Å². The second-order valence-corrected chi connectivity index (χ2v) is 8.61. The minimum Gasteiger partial charge on any atom is -0.508 e. The summed E-state index contributed by atoms with van der Waals surface area (Å²) in [5, 5.41) is 12.5. The maximum absolute atomic E-state index is 12.3. The topological polar surface area (TPSA) is 78.9 Å². The van der Waals surface area contributed by atoms with Gasteiger partial charge in [-0.1, -0.05) is 38.3 Å². The third-order valence-electron chi connectivity index (χ3n) is 6.27. The second-order valence-electron chi connectivity index (χ2n) is 8.61. The van der Waals surface area contributed by atoms with Crippen LogP contribution in [-0.4, -0.2) is 41.2 Å². The van der Waals surface area contributed by atoms with Crippen LogP contribution < -0.4 is 5.32 Å². The van der Waals surface area contributed by atoms with Gasteiger partial charge in [-0.05, 0) is 55.7 Å². The molecule has 0 aromatic heterocycles. The highest BCUT2D eigenvalue weighted by Gasteiger charge is 2.37. The van der Waals surface area contributed by atoms with E-state index in [0.29, 0.717) is 19.6 Å². The summed E-state index contributed by atoms with van der Waals surface area (Å²) >= 11 is 0. The molecule has 160 valence electrons. The van der Waals surface area contributed by atoms with Crippen molar-refractivity contribution in [2.45, 2.75) is 71.4 Å². The van der Waals surface area contributed by atoms with Gasteiger partial charge in [-0.25, -0.2) is 4.79 Å². The molecule has 0 radical (unpaired) electrons. The summed E-state index contributed by atoms with van der Waals surface area (Å²) in [6.07, 6.45) is 7.81. The van der Waals surface area contributed by atoms with Crippen LogP contribution in [-0.2, 0) is 16.1 Å². The number of aromatic hydroxyl groups is 1. The molecule has 2 amide bonds. The van der Waals surface area contributed by atoms with Gasteiger partial charge in [-0.15, -0.1) is 0 Å². The van der Waals surface area contributed by atoms with E-state index in [1.54, 1.807) is 17.0 Å². The van der Waals surface area contributed by atoms with E-state index in [9.17, 15) is 14.7 Å². The van der Waals surface area contributed by atoms with Crippen molar-refractivity contribution in [3.05, 3.63) is 29.3 Å². The fraction of sp³-hybridized carbons (Fsp3) is 0.652. The van der Waals surface area contributed by atoms with Crippen LogP contribution in [0.1, 0.15) is 63.0 Å². The number of benzene rings is 1. The molecule has 6 heteroatoms. The molecule has 1 saturated heterocycles. The summed E-state index contributed by atoms with van der Waals surface area (Å²) in [5.74, 6) is 0.823. The van der Waals surface area contributed by atoms with Crippen LogP contribution in [0, 0.1) is 18.8 Å². The Morgan fingerprint density at radius 3 is 2.59 bits per heavy atom. The zero-order chi connectivity index (χ0) is 20.8. The molecule has 2 aliphatic rings. The van der Waals surface area contributed by atoms with Gasteiger partial charge < -0.3 is 20.1 Å². The average Bonchev–Trinajstić information content (AvgIpc) is 2.67. The minimum atomic E-state index is -0.278. The molecule has 1 aliphatic carbocycles. The molecule has 1 aromatic rings. The Morgan fingerprint density at radius 1 is 1.21 bits per heavy atom. The van der Waals surface area contributed by atoms with Crippen molar-refractivity contribution in [2.75, 3.05) is 13.1 Å². The van der Waals surface area contributed by atoms with Crippen molar-refractivity contribution < 1.29 is 19.4 Å². The molecule has 0 spiro atoms. The number of aryl methyl sites for hydroxylation is 1. The molecular formula is C23H34N2O4. The Bertz CT molecular complexity index is 707. The minimum absolute atomic E-state index is 0.0333. The molecule has 1 aromatic carbocycles. The van der Waals surface area contributed by atoms with Crippen LogP contribution in [0.3, 0.4) is 0 Å². The van der Waals surface area contributed by atoms with E-state index in [-0.39, 0.29) is 29.8 Å². The lowest BCUT2D eigenvalue weighted by Gasteiger charge is -2.38. The van der Waals surface area contributed by atoms with Gasteiger partial charge in [0.05, 0.1) is 5.92 Å². The van der Waals surface area contributed by atoms with Crippen LogP contribution in [0.4, 0.5) is 4.79 Å². The smallest absolute Gasteiger partial charge is 0.410 e. The van der Waals surface area contributed by atoms with E-state index in [2.05, 4.69) is 12.2 Å². The fourth-order valence-electron chi connectivity index (χ4n) is 4.20. The summed E-state index contributed by atoms with van der Waals surface area (Å²) < 4.78 is 5.66. The summed E-state index contributed by atoms with van der Waals surface area (Å²) in [5.41, 5.74) is 1.73. The molecule has 2 fully saturated rings. The SMILES string of the molecule is CCCC[C@H]1CC[C@@H](OC(=O)N2CC(C(=O)NCc3ccc(O)c(C)c3)C2)CC1. The molecular weight excluding hydrogens is 368 g/mol. The first kappa shape index (κ1) is 21.5. The van der Waals surface area contributed by atoms with E-state index < -0.39 is 0 Å². The quantitative estimate of drug-likeness (QED) is 0.719. The Kier molecular flexibility index (Phi) is 7.40. The van der Waals surface area contributed by atoms with Gasteiger partial charge >= 0.3 is 6.09 Å². The molecule has 2 N–H and O–H groups in total. The van der Waals surface area contributed by atoms with Crippen molar-refractivity contribution in [3.63, 3.8) is 0 Å². The Balaban J connectivity index is 1.33. The third-order valence-corrected chi connectivity index (χ3v) is 6.27. The zero-order valence-corrected chi connectivity index (χ0v) is 17.7. The van der Waals surface area contributed by atoms with Gasteiger partial charge in [-0.3, -0.25) is 4.79 Å². The molecule has 1 aliphatic heterocycles. The van der Waals surface area contributed by atoms with Crippen molar-refractivity contribution in [1.82, 2.24) is 10.2 Å². The fourth-order valence-corrected chi connectivity index (χ4v) is 4.20. The summed E-state index contributed by atoms with van der Waals surface area (Å²) in [7, 11) is 0. The summed E-state index contributed by atoms with van der Waals surface area (Å²) in [6, 6.07) is 5.29. The number of unbranched alkanes of at least 4 members (excludes halogenated alkanes) is 1. The number of nitrogens with zero attached hydrogens (tertiary/aromatic N) is 1. The number of hydrogen-bond donors (Lipinski definition) is 2. The number of amides is 2. The summed E-state index contributed by atoms with van der Waals surface area (Å²) in [4.78, 5) is 26.2. The van der Waals surface area contributed by atoms with E-state index in [1.165, 1.54) is 19.3 Å². The predicted molar refractivity (Wildman–Crippen MR) is 112 cm³/mol. The number of likely N-dealkylation sites (tertiary alicyclic amines) is 1. The lowest BCUT2D eigenvalue weighted by molar-refractivity contribution is -0.129. The number of nitrogens with one attached hydrogen (secondary N) is 1. The number of phenols is 1. The Labute approximate surface area is 173 Å². The predicted octanol–water partition coefficient (Wildman–Crippen LogP) is 4.13. The van der Waals surface area contributed by atoms with Gasteiger partial charge in [-0.2, -0.15) is 0 Å². The van der Waals surface area contributed by atoms with Gasteiger partial charge in [0.25, 0.3) is 0 Å². The second kappa shape index (κ2) is 9.99. The van der Waals surface area contributed by atoms with Crippen LogP contribution >= 0.6 is 0 Å². The summed E-state index contributed by atoms with van der Waals surface area (Å²) in [6.45, 7) is 5.31. The molecule has 3 rings (SSSR count). The van der Waals surface area contributed by atoms with E-state index >= 15 is 0 Å². The molecule has 29 heavy (non-hydrogen) atoms. The van der Waals surface area contributed by atoms with Crippen molar-refractivity contribution in [2.24, 2.45) is 11.8 Å². The van der Waals surface area contributed by atoms with Gasteiger partial charge in [0, 0.05) is 19.6 Å². The number of ether oxygens (including phenoxy) is 1. The van der Waals surface area contributed by atoms with Crippen LogP contribution in [0.2, 0.25) is 0 Å². The maximum atomic E-state index is 12.3. The normalized spacial score (nSPS) is 22.1. The van der Waals surface area contributed by atoms with Gasteiger partial charge in [0.2, 0.25) is 5.91 Å². The number of phenolic OH excluding ortho intramolecular Hbond substituents is 1. The van der Waals surface area contributed by atoms with Crippen molar-refractivity contribution >= 4 is 12.0 Å². The van der Waals surface area contributed by atoms with Gasteiger partial charge in [0.15, 0.2) is 0 Å². The van der Waals surface area contributed by atoms with Crippen LogP contribution in [0.25, 0.3) is 0 Å². The monoisotopic (exact) mass is 402 g/mol. The largest absolute Gasteiger partial charge is 0.508 e. The average molecular weight is 403 g/mol. The first-order chi connectivity index (χ1) is 14.0. The highest BCUT2D eigenvalue weighted by molar-refractivity contribution is 5.82. The number of rotatable bonds is 7. The zero-order valence-electron chi connectivity index (χ0n) is 17.7. The van der Waals surface area contributed by atoms with Gasteiger partial charge in [0.1, 0.15) is 11.9 Å². The first-order valence-corrected chi connectivity index (χ1v) is 11.0. The van der Waals surface area contributed by atoms with E-state index in [1.807, 2.05) is 13.0 Å². The van der Waals surface area contributed by atoms with E-state index in [4.69, 9.17) is 4.74 Å². The number of carbonyl (C=O) groups is 2. The number of carbonyl (C=O) groups excluding carboxylic acids is 2. The number of hydrogen-bond acceptors (Lipinski definition) is 4. The molecule has 0 unspecified atom stereocenters. The van der Waals surface area contributed by atoms with Crippen molar-refractivity contribution in [3.8, 4) is 5.75 Å². The Hall–Kier alpha value is -2.24. The standard InChI is InChI=1S/C23H34N2O4/c1-3-4-5-17-6-9-20(10-7-17)29-23(28)25-14-19(15-25)22(27)24-13-18-8-11-21(26)16(2)12-18/h8,11-12,17,19-20,26H,3-7,9-10,13-15H2,1-2H3,(H,24,27)/t17-,20+.